The van der Waals surface area contributed by atoms with Gasteiger partial charge in [-0.1, -0.05) is 12.2 Å². The first kappa shape index (κ1) is 7.72. The average Bonchev–Trinajstić information content (AvgIpc) is 2.39. The minimum atomic E-state index is 0.769. The summed E-state index contributed by atoms with van der Waals surface area (Å²) in [5, 5.41) is 7.40. The second-order valence-electron chi connectivity index (χ2n) is 2.03. The van der Waals surface area contributed by atoms with E-state index in [2.05, 4.69) is 14.9 Å². The maximum absolute atomic E-state index is 4.55. The van der Waals surface area contributed by atoms with E-state index < -0.39 is 0 Å². The molecule has 0 fully saturated rings. The molecule has 0 aliphatic rings. The third-order valence-corrected chi connectivity index (χ3v) is 1.19. The standard InChI is InChI=1S/C8H10N2O/c1-3-5-7-8(6-4-2)10-11-9-7/h3-6H,1-2H3. The van der Waals surface area contributed by atoms with E-state index in [0.29, 0.717) is 0 Å². The van der Waals surface area contributed by atoms with Gasteiger partial charge in [0.1, 0.15) is 11.4 Å². The molecule has 0 N–H and O–H groups in total. The van der Waals surface area contributed by atoms with Crippen molar-refractivity contribution in [1.82, 2.24) is 10.3 Å². The molecule has 3 heteroatoms. The van der Waals surface area contributed by atoms with Crippen molar-refractivity contribution in [1.29, 1.82) is 0 Å². The number of aromatic nitrogens is 2. The number of hydrogen-bond acceptors (Lipinski definition) is 3. The van der Waals surface area contributed by atoms with Gasteiger partial charge in [0.2, 0.25) is 0 Å². The van der Waals surface area contributed by atoms with Crippen molar-refractivity contribution in [3.63, 3.8) is 0 Å². The van der Waals surface area contributed by atoms with Gasteiger partial charge in [0.05, 0.1) is 0 Å². The van der Waals surface area contributed by atoms with Crippen LogP contribution in [0.25, 0.3) is 12.2 Å². The van der Waals surface area contributed by atoms with Gasteiger partial charge in [0, 0.05) is 0 Å². The third kappa shape index (κ3) is 1.77. The zero-order chi connectivity index (χ0) is 8.10. The fourth-order valence-electron chi connectivity index (χ4n) is 0.749. The molecular weight excluding hydrogens is 140 g/mol. The summed E-state index contributed by atoms with van der Waals surface area (Å²) < 4.78 is 4.55. The first-order valence-electron chi connectivity index (χ1n) is 3.46. The lowest BCUT2D eigenvalue weighted by molar-refractivity contribution is 0.305. The fourth-order valence-corrected chi connectivity index (χ4v) is 0.749. The summed E-state index contributed by atoms with van der Waals surface area (Å²) in [6.07, 6.45) is 7.50. The monoisotopic (exact) mass is 150 g/mol. The van der Waals surface area contributed by atoms with Crippen molar-refractivity contribution in [2.75, 3.05) is 0 Å². The molecule has 1 heterocycles. The molecule has 11 heavy (non-hydrogen) atoms. The first-order valence-corrected chi connectivity index (χ1v) is 3.46. The summed E-state index contributed by atoms with van der Waals surface area (Å²) in [5.74, 6) is 0. The molecule has 0 saturated carbocycles. The second-order valence-corrected chi connectivity index (χ2v) is 2.03. The summed E-state index contributed by atoms with van der Waals surface area (Å²) in [5.41, 5.74) is 1.54. The zero-order valence-electron chi connectivity index (χ0n) is 6.61. The van der Waals surface area contributed by atoms with Crippen LogP contribution in [-0.2, 0) is 0 Å². The van der Waals surface area contributed by atoms with E-state index in [1.807, 2.05) is 38.2 Å². The molecule has 1 aromatic heterocycles. The minimum Gasteiger partial charge on any atom is -0.243 e. The Hall–Kier alpha value is -1.38. The third-order valence-electron chi connectivity index (χ3n) is 1.19. The van der Waals surface area contributed by atoms with Crippen molar-refractivity contribution < 1.29 is 4.63 Å². The topological polar surface area (TPSA) is 38.9 Å². The van der Waals surface area contributed by atoms with Crippen LogP contribution in [0, 0.1) is 0 Å². The molecule has 0 aliphatic heterocycles. The predicted molar refractivity (Wildman–Crippen MR) is 43.7 cm³/mol. The second kappa shape index (κ2) is 3.71. The predicted octanol–water partition coefficient (Wildman–Crippen LogP) is 2.14. The van der Waals surface area contributed by atoms with Crippen LogP contribution in [0.4, 0.5) is 0 Å². The number of nitrogens with zero attached hydrogens (tertiary/aromatic N) is 2. The first-order chi connectivity index (χ1) is 5.38. The van der Waals surface area contributed by atoms with Crippen molar-refractivity contribution in [2.45, 2.75) is 13.8 Å². The average molecular weight is 150 g/mol. The molecular formula is C8H10N2O. The Morgan fingerprint density at radius 1 is 1.00 bits per heavy atom. The van der Waals surface area contributed by atoms with Gasteiger partial charge in [-0.15, -0.1) is 0 Å². The molecule has 58 valence electrons. The summed E-state index contributed by atoms with van der Waals surface area (Å²) in [6.45, 7) is 3.85. The zero-order valence-corrected chi connectivity index (χ0v) is 6.61. The van der Waals surface area contributed by atoms with Gasteiger partial charge < -0.3 is 0 Å². The molecule has 0 aliphatic carbocycles. The van der Waals surface area contributed by atoms with E-state index in [0.717, 1.165) is 11.4 Å². The smallest absolute Gasteiger partial charge is 0.134 e. The molecule has 0 atom stereocenters. The Morgan fingerprint density at radius 2 is 1.45 bits per heavy atom. The fraction of sp³-hybridized carbons (Fsp3) is 0.250. The molecule has 0 radical (unpaired) electrons. The Labute approximate surface area is 65.4 Å². The maximum Gasteiger partial charge on any atom is 0.134 e. The van der Waals surface area contributed by atoms with Crippen LogP contribution in [0.1, 0.15) is 25.2 Å². The lowest BCUT2D eigenvalue weighted by Crippen LogP contribution is -1.75. The number of rotatable bonds is 2. The van der Waals surface area contributed by atoms with Gasteiger partial charge in [-0.3, -0.25) is 0 Å². The highest BCUT2D eigenvalue weighted by Gasteiger charge is 2.00. The van der Waals surface area contributed by atoms with E-state index >= 15 is 0 Å². The van der Waals surface area contributed by atoms with Crippen molar-refractivity contribution in [3.05, 3.63) is 23.5 Å². The molecule has 0 bridgehead atoms. The Bertz CT molecular complexity index is 247. The number of allylic oxidation sites excluding steroid dienone is 2. The van der Waals surface area contributed by atoms with Crippen molar-refractivity contribution in [3.8, 4) is 0 Å². The van der Waals surface area contributed by atoms with E-state index in [-0.39, 0.29) is 0 Å². The van der Waals surface area contributed by atoms with E-state index in [9.17, 15) is 0 Å². The van der Waals surface area contributed by atoms with Gasteiger partial charge >= 0.3 is 0 Å². The SMILES string of the molecule is CC=Cc1nonc1C=CC. The quantitative estimate of drug-likeness (QED) is 0.648. The van der Waals surface area contributed by atoms with Gasteiger partial charge in [-0.05, 0) is 36.3 Å². The number of hydrogen-bond donors (Lipinski definition) is 0. The molecule has 0 aromatic carbocycles. The molecule has 1 rings (SSSR count). The van der Waals surface area contributed by atoms with Gasteiger partial charge in [-0.2, -0.15) is 0 Å². The van der Waals surface area contributed by atoms with Crippen LogP contribution in [0.5, 0.6) is 0 Å². The normalized spacial score (nSPS) is 11.8. The van der Waals surface area contributed by atoms with Crippen LogP contribution in [0.15, 0.2) is 16.8 Å². The molecule has 0 spiro atoms. The molecule has 1 aromatic rings. The van der Waals surface area contributed by atoms with Crippen LogP contribution < -0.4 is 0 Å². The molecule has 0 amide bonds. The summed E-state index contributed by atoms with van der Waals surface area (Å²) in [4.78, 5) is 0. The highest BCUT2D eigenvalue weighted by atomic mass is 16.6. The van der Waals surface area contributed by atoms with Crippen LogP contribution in [0.3, 0.4) is 0 Å². The largest absolute Gasteiger partial charge is 0.243 e. The van der Waals surface area contributed by atoms with E-state index in [4.69, 9.17) is 0 Å². The molecule has 0 unspecified atom stereocenters. The van der Waals surface area contributed by atoms with Gasteiger partial charge in [-0.25, -0.2) is 4.63 Å². The van der Waals surface area contributed by atoms with Crippen LogP contribution in [-0.4, -0.2) is 10.3 Å². The van der Waals surface area contributed by atoms with Gasteiger partial charge in [0.15, 0.2) is 0 Å². The highest BCUT2D eigenvalue weighted by Crippen LogP contribution is 2.06. The van der Waals surface area contributed by atoms with Crippen LogP contribution >= 0.6 is 0 Å². The van der Waals surface area contributed by atoms with E-state index in [1.165, 1.54) is 0 Å². The summed E-state index contributed by atoms with van der Waals surface area (Å²) >= 11 is 0. The summed E-state index contributed by atoms with van der Waals surface area (Å²) in [6, 6.07) is 0. The lowest BCUT2D eigenvalue weighted by atomic mass is 10.3. The Kier molecular flexibility index (Phi) is 2.60. The molecule has 0 saturated heterocycles. The van der Waals surface area contributed by atoms with Crippen LogP contribution in [0.2, 0.25) is 0 Å². The van der Waals surface area contributed by atoms with Gasteiger partial charge in [0.25, 0.3) is 0 Å². The van der Waals surface area contributed by atoms with E-state index in [1.54, 1.807) is 0 Å². The Morgan fingerprint density at radius 3 is 1.82 bits per heavy atom. The lowest BCUT2D eigenvalue weighted by Gasteiger charge is -1.81. The Balaban J connectivity index is 2.95. The minimum absolute atomic E-state index is 0.769. The maximum atomic E-state index is 4.55. The molecule has 3 nitrogen and oxygen atoms in total. The summed E-state index contributed by atoms with van der Waals surface area (Å²) in [7, 11) is 0. The van der Waals surface area contributed by atoms with Crippen molar-refractivity contribution in [2.24, 2.45) is 0 Å². The van der Waals surface area contributed by atoms with Crippen molar-refractivity contribution >= 4 is 12.2 Å². The highest BCUT2D eigenvalue weighted by molar-refractivity contribution is 5.57.